The summed E-state index contributed by atoms with van der Waals surface area (Å²) >= 11 is 0. The van der Waals surface area contributed by atoms with E-state index in [0.717, 1.165) is 17.8 Å². The number of nitrogens with zero attached hydrogens (tertiary/aromatic N) is 4. The number of amides is 2. The van der Waals surface area contributed by atoms with E-state index in [1.165, 1.54) is 6.92 Å². The smallest absolute Gasteiger partial charge is 0.257 e. The van der Waals surface area contributed by atoms with E-state index < -0.39 is 0 Å². The summed E-state index contributed by atoms with van der Waals surface area (Å²) in [5, 5.41) is 6.85. The number of carbonyl (C=O) groups is 2. The number of rotatable bonds is 5. The number of pyridine rings is 1. The first-order valence-corrected chi connectivity index (χ1v) is 8.58. The fourth-order valence-electron chi connectivity index (χ4n) is 2.92. The van der Waals surface area contributed by atoms with Gasteiger partial charge < -0.3 is 15.0 Å². The van der Waals surface area contributed by atoms with Gasteiger partial charge in [0, 0.05) is 44.9 Å². The normalized spacial score (nSPS) is 16.6. The molecule has 2 amide bonds. The summed E-state index contributed by atoms with van der Waals surface area (Å²) in [6, 6.07) is 3.60. The van der Waals surface area contributed by atoms with E-state index in [1.807, 2.05) is 20.0 Å². The maximum Gasteiger partial charge on any atom is 0.257 e. The summed E-state index contributed by atoms with van der Waals surface area (Å²) in [7, 11) is 1.82. The minimum absolute atomic E-state index is 0.0113. The SMILES string of the molecule is CC(=O)NCc1cc(OC2CCN(C(=O)c3cnn(C)c3C)C2)ccn1. The van der Waals surface area contributed by atoms with Gasteiger partial charge in [-0.05, 0) is 13.0 Å². The van der Waals surface area contributed by atoms with Crippen molar-refractivity contribution in [3.63, 3.8) is 0 Å². The van der Waals surface area contributed by atoms with Crippen LogP contribution in [0.2, 0.25) is 0 Å². The van der Waals surface area contributed by atoms with Crippen LogP contribution in [0.3, 0.4) is 0 Å². The molecule has 0 aliphatic carbocycles. The second-order valence-electron chi connectivity index (χ2n) is 6.44. The maximum absolute atomic E-state index is 12.6. The van der Waals surface area contributed by atoms with Crippen LogP contribution in [0, 0.1) is 6.92 Å². The van der Waals surface area contributed by atoms with Crippen LogP contribution in [0.15, 0.2) is 24.5 Å². The quantitative estimate of drug-likeness (QED) is 0.864. The minimum Gasteiger partial charge on any atom is -0.488 e. The fourth-order valence-corrected chi connectivity index (χ4v) is 2.92. The number of nitrogens with one attached hydrogen (secondary N) is 1. The molecule has 2 aromatic heterocycles. The molecule has 3 heterocycles. The van der Waals surface area contributed by atoms with Crippen molar-refractivity contribution in [2.75, 3.05) is 13.1 Å². The van der Waals surface area contributed by atoms with Crippen LogP contribution < -0.4 is 10.1 Å². The van der Waals surface area contributed by atoms with E-state index in [-0.39, 0.29) is 17.9 Å². The molecule has 0 radical (unpaired) electrons. The molecule has 1 fully saturated rings. The van der Waals surface area contributed by atoms with Crippen molar-refractivity contribution in [2.45, 2.75) is 32.9 Å². The van der Waals surface area contributed by atoms with Crippen molar-refractivity contribution in [1.29, 1.82) is 0 Å². The highest BCUT2D eigenvalue weighted by Crippen LogP contribution is 2.21. The highest BCUT2D eigenvalue weighted by atomic mass is 16.5. The fraction of sp³-hybridized carbons (Fsp3) is 0.444. The molecular formula is C18H23N5O3. The Morgan fingerprint density at radius 2 is 2.23 bits per heavy atom. The molecule has 138 valence electrons. The summed E-state index contributed by atoms with van der Waals surface area (Å²) < 4.78 is 7.71. The minimum atomic E-state index is -0.103. The molecule has 1 unspecified atom stereocenters. The van der Waals surface area contributed by atoms with Gasteiger partial charge in [-0.1, -0.05) is 0 Å². The standard InChI is InChI=1S/C18H23N5O3/c1-12-17(10-21-22(12)3)18(25)23-7-5-16(11-23)26-15-4-6-19-14(8-15)9-20-13(2)24/h4,6,8,10,16H,5,7,9,11H2,1-3H3,(H,20,24). The number of carbonyl (C=O) groups excluding carboxylic acids is 2. The summed E-state index contributed by atoms with van der Waals surface area (Å²) in [4.78, 5) is 29.7. The van der Waals surface area contributed by atoms with Crippen LogP contribution in [-0.2, 0) is 18.4 Å². The Morgan fingerprint density at radius 3 is 2.92 bits per heavy atom. The van der Waals surface area contributed by atoms with Crippen molar-refractivity contribution in [3.05, 3.63) is 41.5 Å². The molecule has 1 atom stereocenters. The lowest BCUT2D eigenvalue weighted by Gasteiger charge is -2.17. The zero-order valence-electron chi connectivity index (χ0n) is 15.2. The van der Waals surface area contributed by atoms with E-state index in [9.17, 15) is 9.59 Å². The molecule has 1 N–H and O–H groups in total. The number of ether oxygens (including phenoxy) is 1. The zero-order chi connectivity index (χ0) is 18.7. The molecular weight excluding hydrogens is 334 g/mol. The monoisotopic (exact) mass is 357 g/mol. The van der Waals surface area contributed by atoms with Crippen molar-refractivity contribution in [1.82, 2.24) is 25.0 Å². The van der Waals surface area contributed by atoms with Gasteiger partial charge >= 0.3 is 0 Å². The highest BCUT2D eigenvalue weighted by molar-refractivity contribution is 5.95. The molecule has 2 aromatic rings. The highest BCUT2D eigenvalue weighted by Gasteiger charge is 2.29. The Balaban J connectivity index is 1.59. The Hall–Kier alpha value is -2.90. The number of aryl methyl sites for hydroxylation is 1. The largest absolute Gasteiger partial charge is 0.488 e. The lowest BCUT2D eigenvalue weighted by atomic mass is 10.2. The van der Waals surface area contributed by atoms with Crippen LogP contribution in [0.25, 0.3) is 0 Å². The van der Waals surface area contributed by atoms with Gasteiger partial charge in [-0.25, -0.2) is 0 Å². The average molecular weight is 357 g/mol. The summed E-state index contributed by atoms with van der Waals surface area (Å²) in [5.74, 6) is 0.578. The molecule has 3 rings (SSSR count). The average Bonchev–Trinajstić information content (AvgIpc) is 3.20. The van der Waals surface area contributed by atoms with E-state index in [0.29, 0.717) is 30.9 Å². The Labute approximate surface area is 152 Å². The van der Waals surface area contributed by atoms with Gasteiger partial charge in [0.15, 0.2) is 0 Å². The Morgan fingerprint density at radius 1 is 1.42 bits per heavy atom. The van der Waals surface area contributed by atoms with Gasteiger partial charge in [-0.2, -0.15) is 5.10 Å². The lowest BCUT2D eigenvalue weighted by molar-refractivity contribution is -0.119. The predicted molar refractivity (Wildman–Crippen MR) is 94.6 cm³/mol. The molecule has 1 saturated heterocycles. The van der Waals surface area contributed by atoms with Crippen LogP contribution in [0.4, 0.5) is 0 Å². The second-order valence-corrected chi connectivity index (χ2v) is 6.44. The van der Waals surface area contributed by atoms with Crippen LogP contribution in [0.5, 0.6) is 5.75 Å². The molecule has 0 saturated carbocycles. The first-order valence-electron chi connectivity index (χ1n) is 8.58. The number of hydrogen-bond donors (Lipinski definition) is 1. The summed E-state index contributed by atoms with van der Waals surface area (Å²) in [5.41, 5.74) is 2.22. The first kappa shape index (κ1) is 17.9. The summed E-state index contributed by atoms with van der Waals surface area (Å²) in [6.07, 6.45) is 3.98. The van der Waals surface area contributed by atoms with E-state index in [2.05, 4.69) is 15.4 Å². The number of aromatic nitrogens is 3. The van der Waals surface area contributed by atoms with E-state index in [4.69, 9.17) is 4.74 Å². The number of likely N-dealkylation sites (tertiary alicyclic amines) is 1. The van der Waals surface area contributed by atoms with Crippen molar-refractivity contribution < 1.29 is 14.3 Å². The Bertz CT molecular complexity index is 817. The summed E-state index contributed by atoms with van der Waals surface area (Å²) in [6.45, 7) is 4.91. The zero-order valence-corrected chi connectivity index (χ0v) is 15.2. The Kier molecular flexibility index (Phi) is 5.20. The van der Waals surface area contributed by atoms with Crippen LogP contribution >= 0.6 is 0 Å². The van der Waals surface area contributed by atoms with Gasteiger partial charge in [0.25, 0.3) is 5.91 Å². The molecule has 8 heteroatoms. The van der Waals surface area contributed by atoms with Crippen LogP contribution in [-0.4, -0.2) is 50.7 Å². The van der Waals surface area contributed by atoms with Crippen molar-refractivity contribution >= 4 is 11.8 Å². The maximum atomic E-state index is 12.6. The van der Waals surface area contributed by atoms with Crippen LogP contribution in [0.1, 0.15) is 35.1 Å². The molecule has 0 bridgehead atoms. The number of hydrogen-bond acceptors (Lipinski definition) is 5. The third-order valence-corrected chi connectivity index (χ3v) is 4.51. The first-order chi connectivity index (χ1) is 12.4. The van der Waals surface area contributed by atoms with Gasteiger partial charge in [0.2, 0.25) is 5.91 Å². The van der Waals surface area contributed by atoms with Crippen molar-refractivity contribution in [2.24, 2.45) is 7.05 Å². The molecule has 26 heavy (non-hydrogen) atoms. The molecule has 0 aromatic carbocycles. The topological polar surface area (TPSA) is 89.4 Å². The molecule has 8 nitrogen and oxygen atoms in total. The third-order valence-electron chi connectivity index (χ3n) is 4.51. The van der Waals surface area contributed by atoms with Gasteiger partial charge in [-0.15, -0.1) is 0 Å². The molecule has 0 spiro atoms. The van der Waals surface area contributed by atoms with E-state index in [1.54, 1.807) is 28.0 Å². The third kappa shape index (κ3) is 4.01. The molecule has 1 aliphatic heterocycles. The lowest BCUT2D eigenvalue weighted by Crippen LogP contribution is -2.31. The predicted octanol–water partition coefficient (Wildman–Crippen LogP) is 1.05. The van der Waals surface area contributed by atoms with Gasteiger partial charge in [0.05, 0.1) is 30.5 Å². The second kappa shape index (κ2) is 7.55. The molecule has 1 aliphatic rings. The van der Waals surface area contributed by atoms with E-state index >= 15 is 0 Å². The van der Waals surface area contributed by atoms with Gasteiger partial charge in [0.1, 0.15) is 11.9 Å². The van der Waals surface area contributed by atoms with Gasteiger partial charge in [-0.3, -0.25) is 19.3 Å². The van der Waals surface area contributed by atoms with Crippen molar-refractivity contribution in [3.8, 4) is 5.75 Å².